The summed E-state index contributed by atoms with van der Waals surface area (Å²) >= 11 is 0. The van der Waals surface area contributed by atoms with Crippen molar-refractivity contribution in [3.63, 3.8) is 0 Å². The fraction of sp³-hybridized carbons (Fsp3) is 0.500. The van der Waals surface area contributed by atoms with Crippen LogP contribution in [0.3, 0.4) is 0 Å². The maximum Gasteiger partial charge on any atom is 0.228 e. The second kappa shape index (κ2) is 5.65. The van der Waals surface area contributed by atoms with Gasteiger partial charge in [-0.15, -0.1) is 0 Å². The third kappa shape index (κ3) is 2.92. The molecular weight excluding hydrogens is 252 g/mol. The number of aliphatic hydroxyl groups excluding tert-OH is 1. The first kappa shape index (κ1) is 13.9. The Hall–Kier alpha value is -1.49. The second-order valence-electron chi connectivity index (χ2n) is 5.03. The average molecular weight is 269 g/mol. The van der Waals surface area contributed by atoms with Crippen LogP contribution in [0.4, 0.5) is 8.78 Å². The first-order chi connectivity index (χ1) is 9.07. The summed E-state index contributed by atoms with van der Waals surface area (Å²) in [7, 11) is 0. The molecule has 104 valence electrons. The van der Waals surface area contributed by atoms with Crippen molar-refractivity contribution in [3.05, 3.63) is 35.4 Å². The Morgan fingerprint density at radius 1 is 1.37 bits per heavy atom. The smallest absolute Gasteiger partial charge is 0.228 e. The number of rotatable bonds is 5. The lowest BCUT2D eigenvalue weighted by Gasteiger charge is -2.38. The van der Waals surface area contributed by atoms with E-state index in [-0.39, 0.29) is 19.1 Å². The van der Waals surface area contributed by atoms with E-state index in [1.165, 1.54) is 12.1 Å². The van der Waals surface area contributed by atoms with Gasteiger partial charge in [0.1, 0.15) is 11.6 Å². The van der Waals surface area contributed by atoms with Gasteiger partial charge in [0.25, 0.3) is 0 Å². The van der Waals surface area contributed by atoms with Crippen molar-refractivity contribution in [3.8, 4) is 0 Å². The maximum absolute atomic E-state index is 13.4. The van der Waals surface area contributed by atoms with Crippen LogP contribution in [0.1, 0.15) is 24.8 Å². The zero-order valence-corrected chi connectivity index (χ0v) is 10.6. The van der Waals surface area contributed by atoms with Gasteiger partial charge in [-0.25, -0.2) is 8.78 Å². The van der Waals surface area contributed by atoms with Gasteiger partial charge in [0.05, 0.1) is 12.0 Å². The Balaban J connectivity index is 1.85. The molecule has 0 spiro atoms. The highest BCUT2D eigenvalue weighted by atomic mass is 19.1. The molecule has 0 unspecified atom stereocenters. The SMILES string of the molecule is O=C(NCCc1ccc(F)cc1F)C1(CO)CCC1. The van der Waals surface area contributed by atoms with Crippen LogP contribution in [0.5, 0.6) is 0 Å². The van der Waals surface area contributed by atoms with Crippen LogP contribution in [0, 0.1) is 17.0 Å². The largest absolute Gasteiger partial charge is 0.395 e. The van der Waals surface area contributed by atoms with Gasteiger partial charge in [-0.1, -0.05) is 12.5 Å². The lowest BCUT2D eigenvalue weighted by atomic mass is 9.68. The van der Waals surface area contributed by atoms with Crippen molar-refractivity contribution in [2.75, 3.05) is 13.2 Å². The Morgan fingerprint density at radius 2 is 2.11 bits per heavy atom. The Labute approximate surface area is 110 Å². The number of hydrogen-bond acceptors (Lipinski definition) is 2. The summed E-state index contributed by atoms with van der Waals surface area (Å²) in [6, 6.07) is 3.40. The number of halogens is 2. The third-order valence-electron chi connectivity index (χ3n) is 3.79. The van der Waals surface area contributed by atoms with E-state index in [4.69, 9.17) is 0 Å². The van der Waals surface area contributed by atoms with Crippen molar-refractivity contribution in [2.24, 2.45) is 5.41 Å². The predicted molar refractivity (Wildman–Crippen MR) is 66.4 cm³/mol. The van der Waals surface area contributed by atoms with E-state index in [2.05, 4.69) is 5.32 Å². The Morgan fingerprint density at radius 3 is 2.63 bits per heavy atom. The molecule has 3 nitrogen and oxygen atoms in total. The molecule has 1 aliphatic carbocycles. The quantitative estimate of drug-likeness (QED) is 0.856. The Bertz CT molecular complexity index is 467. The number of hydrogen-bond donors (Lipinski definition) is 2. The molecule has 1 saturated carbocycles. The molecule has 0 bridgehead atoms. The molecule has 5 heteroatoms. The molecule has 0 saturated heterocycles. The average Bonchev–Trinajstić information content (AvgIpc) is 2.31. The normalized spacial score (nSPS) is 16.8. The van der Waals surface area contributed by atoms with Gasteiger partial charge in [-0.2, -0.15) is 0 Å². The summed E-state index contributed by atoms with van der Waals surface area (Å²) in [5, 5.41) is 11.9. The van der Waals surface area contributed by atoms with Crippen LogP contribution in [0.25, 0.3) is 0 Å². The van der Waals surface area contributed by atoms with E-state index >= 15 is 0 Å². The van der Waals surface area contributed by atoms with Gasteiger partial charge in [-0.3, -0.25) is 4.79 Å². The lowest BCUT2D eigenvalue weighted by molar-refractivity contribution is -0.139. The number of carbonyl (C=O) groups is 1. The zero-order valence-electron chi connectivity index (χ0n) is 10.6. The van der Waals surface area contributed by atoms with Gasteiger partial charge < -0.3 is 10.4 Å². The summed E-state index contributed by atoms with van der Waals surface area (Å²) in [6.07, 6.45) is 2.64. The molecule has 1 fully saturated rings. The van der Waals surface area contributed by atoms with Gasteiger partial charge in [-0.05, 0) is 30.9 Å². The fourth-order valence-corrected chi connectivity index (χ4v) is 2.28. The minimum atomic E-state index is -0.638. The van der Waals surface area contributed by atoms with E-state index in [1.807, 2.05) is 0 Å². The summed E-state index contributed by atoms with van der Waals surface area (Å²) in [6.45, 7) is 0.132. The molecule has 1 aromatic rings. The molecule has 0 atom stereocenters. The molecule has 0 heterocycles. The van der Waals surface area contributed by atoms with Gasteiger partial charge in [0.2, 0.25) is 5.91 Å². The van der Waals surface area contributed by atoms with E-state index in [0.717, 1.165) is 12.5 Å². The molecule has 0 aliphatic heterocycles. The van der Waals surface area contributed by atoms with E-state index in [9.17, 15) is 18.7 Å². The molecule has 1 aliphatic rings. The molecule has 2 N–H and O–H groups in total. The highest BCUT2D eigenvalue weighted by Crippen LogP contribution is 2.40. The molecule has 19 heavy (non-hydrogen) atoms. The zero-order chi connectivity index (χ0) is 13.9. The van der Waals surface area contributed by atoms with Gasteiger partial charge >= 0.3 is 0 Å². The summed E-state index contributed by atoms with van der Waals surface area (Å²) in [4.78, 5) is 11.9. The highest BCUT2D eigenvalue weighted by Gasteiger charge is 2.43. The first-order valence-corrected chi connectivity index (χ1v) is 6.40. The van der Waals surface area contributed by atoms with Crippen LogP contribution in [0.15, 0.2) is 18.2 Å². The van der Waals surface area contributed by atoms with Crippen LogP contribution in [0.2, 0.25) is 0 Å². The van der Waals surface area contributed by atoms with Crippen LogP contribution >= 0.6 is 0 Å². The first-order valence-electron chi connectivity index (χ1n) is 6.40. The van der Waals surface area contributed by atoms with Crippen LogP contribution < -0.4 is 5.32 Å². The molecule has 1 aromatic carbocycles. The van der Waals surface area contributed by atoms with Crippen molar-refractivity contribution in [1.82, 2.24) is 5.32 Å². The minimum absolute atomic E-state index is 0.149. The number of nitrogens with one attached hydrogen (secondary N) is 1. The minimum Gasteiger partial charge on any atom is -0.395 e. The number of benzene rings is 1. The lowest BCUT2D eigenvalue weighted by Crippen LogP contribution is -2.48. The summed E-state index contributed by atoms with van der Waals surface area (Å²) in [5.74, 6) is -1.39. The van der Waals surface area contributed by atoms with Crippen molar-refractivity contribution in [2.45, 2.75) is 25.7 Å². The van der Waals surface area contributed by atoms with Crippen molar-refractivity contribution in [1.29, 1.82) is 0 Å². The Kier molecular flexibility index (Phi) is 4.14. The van der Waals surface area contributed by atoms with Crippen molar-refractivity contribution < 1.29 is 18.7 Å². The van der Waals surface area contributed by atoms with Crippen LogP contribution in [-0.4, -0.2) is 24.2 Å². The fourth-order valence-electron chi connectivity index (χ4n) is 2.28. The van der Waals surface area contributed by atoms with Gasteiger partial charge in [0.15, 0.2) is 0 Å². The number of amides is 1. The topological polar surface area (TPSA) is 49.3 Å². The monoisotopic (exact) mass is 269 g/mol. The predicted octanol–water partition coefficient (Wildman–Crippen LogP) is 1.79. The molecule has 2 rings (SSSR count). The number of carbonyl (C=O) groups excluding carboxylic acids is 1. The maximum atomic E-state index is 13.4. The van der Waals surface area contributed by atoms with E-state index in [1.54, 1.807) is 0 Å². The van der Waals surface area contributed by atoms with Crippen molar-refractivity contribution >= 4 is 5.91 Å². The third-order valence-corrected chi connectivity index (χ3v) is 3.79. The second-order valence-corrected chi connectivity index (χ2v) is 5.03. The van der Waals surface area contributed by atoms with Gasteiger partial charge in [0, 0.05) is 12.6 Å². The summed E-state index contributed by atoms with van der Waals surface area (Å²) < 4.78 is 26.1. The molecule has 0 aromatic heterocycles. The molecule has 1 amide bonds. The number of aliphatic hydroxyl groups is 1. The molecular formula is C14H17F2NO2. The summed E-state index contributed by atoms with van der Waals surface area (Å²) in [5.41, 5.74) is -0.269. The van der Waals surface area contributed by atoms with Crippen LogP contribution in [-0.2, 0) is 11.2 Å². The molecule has 0 radical (unpaired) electrons. The van der Waals surface area contributed by atoms with E-state index < -0.39 is 17.0 Å². The standard InChI is InChI=1S/C14H17F2NO2/c15-11-3-2-10(12(16)8-11)4-7-17-13(19)14(9-18)5-1-6-14/h2-3,8,18H,1,4-7,9H2,(H,17,19). The highest BCUT2D eigenvalue weighted by molar-refractivity contribution is 5.83. The van der Waals surface area contributed by atoms with E-state index in [0.29, 0.717) is 24.8 Å².